The molecule has 114 valence electrons. The smallest absolute Gasteiger partial charge is 0.408 e. The van der Waals surface area contributed by atoms with Gasteiger partial charge in [0.15, 0.2) is 15.4 Å². The highest BCUT2D eigenvalue weighted by Gasteiger charge is 2.35. The molecule has 0 radical (unpaired) electrons. The second kappa shape index (κ2) is 4.99. The fourth-order valence-electron chi connectivity index (χ4n) is 2.88. The van der Waals surface area contributed by atoms with E-state index in [-0.39, 0.29) is 5.75 Å². The highest BCUT2D eigenvalue weighted by atomic mass is 32.2. The molecular formula is C14H17NO5S. The average molecular weight is 311 g/mol. The number of rotatable bonds is 2. The summed E-state index contributed by atoms with van der Waals surface area (Å²) in [6.07, 6.45) is 0.812. The third kappa shape index (κ3) is 2.40. The molecule has 0 saturated carbocycles. The summed E-state index contributed by atoms with van der Waals surface area (Å²) >= 11 is 0. The normalized spacial score (nSPS) is 23.2. The lowest BCUT2D eigenvalue weighted by molar-refractivity contribution is 0.164. The largest absolute Gasteiger partial charge is 0.419 e. The predicted octanol–water partition coefficient (Wildman–Crippen LogP) is 1.13. The molecule has 0 bridgehead atoms. The van der Waals surface area contributed by atoms with Crippen molar-refractivity contribution in [1.29, 1.82) is 0 Å². The van der Waals surface area contributed by atoms with Crippen LogP contribution in [0.3, 0.4) is 0 Å². The minimum absolute atomic E-state index is 0.122. The fraction of sp³-hybridized carbons (Fsp3) is 0.500. The van der Waals surface area contributed by atoms with Gasteiger partial charge in [-0.1, -0.05) is 12.5 Å². The zero-order valence-electron chi connectivity index (χ0n) is 11.7. The molecule has 7 heteroatoms. The number of hydrogen-bond donors (Lipinski definition) is 1. The van der Waals surface area contributed by atoms with Gasteiger partial charge >= 0.3 is 5.76 Å². The lowest BCUT2D eigenvalue weighted by Gasteiger charge is -2.26. The molecule has 21 heavy (non-hydrogen) atoms. The molecule has 1 aliphatic heterocycles. The zero-order valence-corrected chi connectivity index (χ0v) is 12.5. The number of oxazole rings is 1. The molecule has 2 unspecified atom stereocenters. The molecule has 2 atom stereocenters. The Labute approximate surface area is 121 Å². The van der Waals surface area contributed by atoms with Gasteiger partial charge in [0.05, 0.1) is 22.6 Å². The summed E-state index contributed by atoms with van der Waals surface area (Å²) in [4.78, 5) is 11.5. The van der Waals surface area contributed by atoms with Crippen LogP contribution in [0.1, 0.15) is 30.9 Å². The first-order valence-electron chi connectivity index (χ1n) is 6.89. The van der Waals surface area contributed by atoms with Gasteiger partial charge in [-0.15, -0.1) is 0 Å². The van der Waals surface area contributed by atoms with Gasteiger partial charge in [0.2, 0.25) is 0 Å². The van der Waals surface area contributed by atoms with Crippen molar-refractivity contribution in [2.75, 3.05) is 5.75 Å². The zero-order chi connectivity index (χ0) is 15.2. The third-order valence-electron chi connectivity index (χ3n) is 4.14. The van der Waals surface area contributed by atoms with Crippen LogP contribution < -0.4 is 5.76 Å². The van der Waals surface area contributed by atoms with Gasteiger partial charge in [0, 0.05) is 7.05 Å². The lowest BCUT2D eigenvalue weighted by Crippen LogP contribution is -2.33. The molecule has 1 aromatic heterocycles. The molecule has 0 spiro atoms. The van der Waals surface area contributed by atoms with Crippen molar-refractivity contribution in [2.45, 2.75) is 30.6 Å². The monoisotopic (exact) mass is 311 g/mol. The minimum atomic E-state index is -3.27. The van der Waals surface area contributed by atoms with Gasteiger partial charge < -0.3 is 9.52 Å². The Bertz CT molecular complexity index is 833. The van der Waals surface area contributed by atoms with E-state index in [0.29, 0.717) is 29.5 Å². The topological polar surface area (TPSA) is 89.5 Å². The Morgan fingerprint density at radius 1 is 1.38 bits per heavy atom. The van der Waals surface area contributed by atoms with Crippen molar-refractivity contribution in [3.8, 4) is 0 Å². The Kier molecular flexibility index (Phi) is 3.41. The van der Waals surface area contributed by atoms with E-state index in [2.05, 4.69) is 0 Å². The SMILES string of the molecule is Cn1c(=O)oc2cc(C(O)C3CCCCS3(=O)=O)ccc21. The number of aliphatic hydroxyl groups is 1. The Morgan fingerprint density at radius 3 is 2.86 bits per heavy atom. The fourth-order valence-corrected chi connectivity index (χ4v) is 4.87. The molecule has 2 aromatic rings. The van der Waals surface area contributed by atoms with Gasteiger partial charge in [-0.3, -0.25) is 4.57 Å². The molecule has 2 heterocycles. The predicted molar refractivity (Wildman–Crippen MR) is 77.8 cm³/mol. The number of nitrogens with zero attached hydrogens (tertiary/aromatic N) is 1. The molecule has 0 aliphatic carbocycles. The van der Waals surface area contributed by atoms with Crippen LogP contribution in [0.25, 0.3) is 11.1 Å². The molecule has 6 nitrogen and oxygen atoms in total. The van der Waals surface area contributed by atoms with E-state index in [1.165, 1.54) is 4.57 Å². The Hall–Kier alpha value is -1.60. The third-order valence-corrected chi connectivity index (χ3v) is 6.41. The van der Waals surface area contributed by atoms with E-state index in [0.717, 1.165) is 6.42 Å². The van der Waals surface area contributed by atoms with E-state index in [9.17, 15) is 18.3 Å². The number of benzene rings is 1. The summed E-state index contributed by atoms with van der Waals surface area (Å²) in [7, 11) is -1.68. The molecule has 1 aliphatic rings. The Balaban J connectivity index is 2.01. The molecule has 3 rings (SSSR count). The minimum Gasteiger partial charge on any atom is -0.408 e. The highest BCUT2D eigenvalue weighted by Crippen LogP contribution is 2.31. The number of fused-ring (bicyclic) bond motifs is 1. The van der Waals surface area contributed by atoms with Crippen LogP contribution in [0.4, 0.5) is 0 Å². The summed E-state index contributed by atoms with van der Waals surface area (Å²) in [5, 5.41) is 9.63. The number of aliphatic hydroxyl groups excluding tert-OH is 1. The van der Waals surface area contributed by atoms with E-state index in [1.54, 1.807) is 25.2 Å². The van der Waals surface area contributed by atoms with Crippen LogP contribution in [0.5, 0.6) is 0 Å². The Morgan fingerprint density at radius 2 is 2.14 bits per heavy atom. The van der Waals surface area contributed by atoms with Crippen LogP contribution in [-0.4, -0.2) is 29.1 Å². The van der Waals surface area contributed by atoms with Gasteiger partial charge in [0.1, 0.15) is 0 Å². The molecule has 0 amide bonds. The first-order valence-corrected chi connectivity index (χ1v) is 8.61. The number of aryl methyl sites for hydroxylation is 1. The lowest BCUT2D eigenvalue weighted by atomic mass is 10.0. The summed E-state index contributed by atoms with van der Waals surface area (Å²) in [5.74, 6) is -0.362. The van der Waals surface area contributed by atoms with E-state index in [1.807, 2.05) is 0 Å². The van der Waals surface area contributed by atoms with Gasteiger partial charge in [-0.25, -0.2) is 13.2 Å². The van der Waals surface area contributed by atoms with Crippen molar-refractivity contribution in [2.24, 2.45) is 7.05 Å². The maximum absolute atomic E-state index is 12.1. The molecule has 1 N–H and O–H groups in total. The maximum atomic E-state index is 12.1. The van der Waals surface area contributed by atoms with E-state index >= 15 is 0 Å². The second-order valence-electron chi connectivity index (χ2n) is 5.50. The van der Waals surface area contributed by atoms with Gasteiger partial charge in [0.25, 0.3) is 0 Å². The number of aromatic nitrogens is 1. The second-order valence-corrected chi connectivity index (χ2v) is 7.84. The summed E-state index contributed by atoms with van der Waals surface area (Å²) < 4.78 is 30.6. The van der Waals surface area contributed by atoms with Crippen LogP contribution in [0.2, 0.25) is 0 Å². The molecular weight excluding hydrogens is 294 g/mol. The molecule has 1 saturated heterocycles. The maximum Gasteiger partial charge on any atom is 0.419 e. The molecule has 1 fully saturated rings. The van der Waals surface area contributed by atoms with Crippen molar-refractivity contribution in [3.05, 3.63) is 34.3 Å². The van der Waals surface area contributed by atoms with Crippen molar-refractivity contribution in [3.63, 3.8) is 0 Å². The number of hydrogen-bond acceptors (Lipinski definition) is 5. The van der Waals surface area contributed by atoms with Gasteiger partial charge in [-0.05, 0) is 30.5 Å². The summed E-state index contributed by atoms with van der Waals surface area (Å²) in [6, 6.07) is 4.85. The van der Waals surface area contributed by atoms with Crippen LogP contribution >= 0.6 is 0 Å². The average Bonchev–Trinajstić information content (AvgIpc) is 2.72. The summed E-state index contributed by atoms with van der Waals surface area (Å²) in [6.45, 7) is 0. The first-order chi connectivity index (χ1) is 9.90. The van der Waals surface area contributed by atoms with E-state index < -0.39 is 26.9 Å². The van der Waals surface area contributed by atoms with Gasteiger partial charge in [-0.2, -0.15) is 0 Å². The van der Waals surface area contributed by atoms with Crippen LogP contribution in [0.15, 0.2) is 27.4 Å². The quantitative estimate of drug-likeness (QED) is 0.898. The highest BCUT2D eigenvalue weighted by molar-refractivity contribution is 7.92. The standard InChI is InChI=1S/C14H17NO5S/c1-15-10-6-5-9(8-11(10)20-14(15)17)13(16)12-4-2-3-7-21(12,18)19/h5-6,8,12-13,16H,2-4,7H2,1H3. The summed E-state index contributed by atoms with van der Waals surface area (Å²) in [5.41, 5.74) is 1.43. The van der Waals surface area contributed by atoms with Crippen molar-refractivity contribution in [1.82, 2.24) is 4.57 Å². The van der Waals surface area contributed by atoms with Crippen molar-refractivity contribution < 1.29 is 17.9 Å². The molecule has 1 aromatic carbocycles. The van der Waals surface area contributed by atoms with Crippen molar-refractivity contribution >= 4 is 20.9 Å². The van der Waals surface area contributed by atoms with E-state index in [4.69, 9.17) is 4.42 Å². The van der Waals surface area contributed by atoms with Crippen LogP contribution in [0, 0.1) is 0 Å². The van der Waals surface area contributed by atoms with Crippen LogP contribution in [-0.2, 0) is 16.9 Å². The first kappa shape index (κ1) is 14.3. The number of sulfone groups is 1.